The Morgan fingerprint density at radius 3 is 2.59 bits per heavy atom. The fraction of sp³-hybridized carbons (Fsp3) is 0.360. The highest BCUT2D eigenvalue weighted by Crippen LogP contribution is 2.44. The maximum absolute atomic E-state index is 13.2. The number of methoxy groups -OCH3 is 1. The van der Waals surface area contributed by atoms with Crippen LogP contribution in [0.4, 0.5) is 0 Å². The number of ether oxygens (including phenoxy) is 2. The molecule has 32 heavy (non-hydrogen) atoms. The Bertz CT molecular complexity index is 1060. The van der Waals surface area contributed by atoms with Crippen LogP contribution in [0.1, 0.15) is 53.8 Å². The Morgan fingerprint density at radius 2 is 1.88 bits per heavy atom. The van der Waals surface area contributed by atoms with Crippen LogP contribution in [0.5, 0.6) is 11.5 Å². The van der Waals surface area contributed by atoms with Crippen molar-refractivity contribution in [1.82, 2.24) is 15.1 Å². The van der Waals surface area contributed by atoms with E-state index < -0.39 is 0 Å². The highest BCUT2D eigenvalue weighted by atomic mass is 16.5. The first kappa shape index (κ1) is 21.9. The van der Waals surface area contributed by atoms with Crippen LogP contribution in [0, 0.1) is 0 Å². The first-order valence-corrected chi connectivity index (χ1v) is 11.0. The summed E-state index contributed by atoms with van der Waals surface area (Å²) in [6.07, 6.45) is 3.33. The van der Waals surface area contributed by atoms with Gasteiger partial charge < -0.3 is 19.5 Å². The molecule has 0 radical (unpaired) electrons. The highest BCUT2D eigenvalue weighted by molar-refractivity contribution is 6.00. The number of H-pyrrole nitrogens is 1. The molecule has 2 N–H and O–H groups in total. The second kappa shape index (κ2) is 9.87. The van der Waals surface area contributed by atoms with E-state index in [0.29, 0.717) is 36.7 Å². The molecule has 0 saturated carbocycles. The van der Waals surface area contributed by atoms with Crippen molar-refractivity contribution in [1.29, 1.82) is 0 Å². The second-order valence-electron chi connectivity index (χ2n) is 7.90. The fourth-order valence-electron chi connectivity index (χ4n) is 4.13. The summed E-state index contributed by atoms with van der Waals surface area (Å²) < 4.78 is 11.1. The number of carbonyl (C=O) groups excluding carboxylic acids is 1. The van der Waals surface area contributed by atoms with E-state index in [-0.39, 0.29) is 17.7 Å². The van der Waals surface area contributed by atoms with Gasteiger partial charge in [-0.25, -0.2) is 0 Å². The number of nitrogens with one attached hydrogen (secondary N) is 1. The summed E-state index contributed by atoms with van der Waals surface area (Å²) in [5, 5.41) is 17.7. The maximum Gasteiger partial charge on any atom is 0.273 e. The summed E-state index contributed by atoms with van der Waals surface area (Å²) in [6, 6.07) is 14.6. The van der Waals surface area contributed by atoms with Crippen molar-refractivity contribution < 1.29 is 19.4 Å². The Kier molecular flexibility index (Phi) is 6.75. The van der Waals surface area contributed by atoms with Crippen LogP contribution in [-0.2, 0) is 4.74 Å². The molecule has 1 aliphatic rings. The minimum absolute atomic E-state index is 0.124. The largest absolute Gasteiger partial charge is 0.507 e. The lowest BCUT2D eigenvalue weighted by Crippen LogP contribution is -2.32. The zero-order valence-electron chi connectivity index (χ0n) is 18.5. The van der Waals surface area contributed by atoms with E-state index in [0.717, 1.165) is 36.1 Å². The van der Waals surface area contributed by atoms with Crippen LogP contribution in [0.15, 0.2) is 48.5 Å². The molecule has 0 bridgehead atoms. The molecule has 0 fully saturated rings. The molecule has 0 saturated heterocycles. The molecule has 1 amide bonds. The number of aromatic amines is 1. The molecule has 7 nitrogen and oxygen atoms in total. The van der Waals surface area contributed by atoms with Gasteiger partial charge >= 0.3 is 0 Å². The number of hydrogen-bond donors (Lipinski definition) is 2. The Hall–Kier alpha value is -3.32. The topological polar surface area (TPSA) is 87.7 Å². The summed E-state index contributed by atoms with van der Waals surface area (Å²) >= 11 is 0. The lowest BCUT2D eigenvalue weighted by atomic mass is 9.95. The number of fused-ring (bicyclic) bond motifs is 1. The molecule has 0 aliphatic carbocycles. The van der Waals surface area contributed by atoms with E-state index in [4.69, 9.17) is 9.47 Å². The van der Waals surface area contributed by atoms with Crippen molar-refractivity contribution in [2.75, 3.05) is 26.9 Å². The van der Waals surface area contributed by atoms with Gasteiger partial charge in [-0.1, -0.05) is 44.0 Å². The molecule has 168 valence electrons. The number of aromatic hydroxyl groups is 1. The number of hydrogen-bond acceptors (Lipinski definition) is 5. The molecule has 1 atom stereocenters. The third-order valence-corrected chi connectivity index (χ3v) is 5.77. The summed E-state index contributed by atoms with van der Waals surface area (Å²) in [4.78, 5) is 15.0. The number of carbonyl (C=O) groups is 1. The molecular weight excluding hydrogens is 406 g/mol. The van der Waals surface area contributed by atoms with Crippen molar-refractivity contribution in [2.24, 2.45) is 0 Å². The van der Waals surface area contributed by atoms with Crippen LogP contribution >= 0.6 is 0 Å². The number of phenolic OH excluding ortho intramolecular Hbond substituents is 1. The number of rotatable bonds is 10. The average Bonchev–Trinajstić information content (AvgIpc) is 3.35. The van der Waals surface area contributed by atoms with Gasteiger partial charge in [0.25, 0.3) is 5.91 Å². The molecule has 7 heteroatoms. The number of benzene rings is 2. The second-order valence-corrected chi connectivity index (χ2v) is 7.90. The zero-order chi connectivity index (χ0) is 22.5. The summed E-state index contributed by atoms with van der Waals surface area (Å²) in [6.45, 7) is 3.72. The number of nitrogens with zero attached hydrogens (tertiary/aromatic N) is 2. The SMILES string of the molecule is CCCCCOc1ccc([C@@H]2c3c(-c4ccccc4O)n[nH]c3C(=O)N2CCOC)cc1. The smallest absolute Gasteiger partial charge is 0.273 e. The lowest BCUT2D eigenvalue weighted by molar-refractivity contribution is 0.0677. The summed E-state index contributed by atoms with van der Waals surface area (Å²) in [5.41, 5.74) is 3.34. The number of unbranched alkanes of at least 4 members (excludes halogenated alkanes) is 2. The van der Waals surface area contributed by atoms with E-state index in [1.165, 1.54) is 0 Å². The minimum Gasteiger partial charge on any atom is -0.507 e. The van der Waals surface area contributed by atoms with Crippen molar-refractivity contribution >= 4 is 5.91 Å². The van der Waals surface area contributed by atoms with Crippen LogP contribution < -0.4 is 4.74 Å². The molecular formula is C25H29N3O4. The van der Waals surface area contributed by atoms with Gasteiger partial charge in [0.1, 0.15) is 22.9 Å². The predicted molar refractivity (Wildman–Crippen MR) is 122 cm³/mol. The van der Waals surface area contributed by atoms with Crippen LogP contribution in [0.3, 0.4) is 0 Å². The quantitative estimate of drug-likeness (QED) is 0.457. The predicted octanol–water partition coefficient (Wildman–Crippen LogP) is 4.54. The first-order valence-electron chi connectivity index (χ1n) is 11.0. The van der Waals surface area contributed by atoms with Crippen LogP contribution in [-0.4, -0.2) is 53.0 Å². The van der Waals surface area contributed by atoms with Crippen molar-refractivity contribution in [3.05, 3.63) is 65.4 Å². The van der Waals surface area contributed by atoms with E-state index in [9.17, 15) is 9.90 Å². The molecule has 1 aromatic heterocycles. The molecule has 2 aromatic carbocycles. The van der Waals surface area contributed by atoms with E-state index in [1.807, 2.05) is 30.3 Å². The van der Waals surface area contributed by atoms with Gasteiger partial charge in [0.05, 0.1) is 19.3 Å². The zero-order valence-corrected chi connectivity index (χ0v) is 18.5. The molecule has 2 heterocycles. The Morgan fingerprint density at radius 1 is 1.09 bits per heavy atom. The normalized spacial score (nSPS) is 15.2. The van der Waals surface area contributed by atoms with Crippen LogP contribution in [0.2, 0.25) is 0 Å². The van der Waals surface area contributed by atoms with Crippen molar-refractivity contribution in [3.63, 3.8) is 0 Å². The standard InChI is InChI=1S/C25H29N3O4/c1-3-4-7-15-32-18-12-10-17(11-13-18)24-21-22(19-8-5-6-9-20(19)29)26-27-23(21)25(30)28(24)14-16-31-2/h5-6,8-13,24,29H,3-4,7,14-16H2,1-2H3,(H,26,27)/t24-/m1/s1. The summed E-state index contributed by atoms with van der Waals surface area (Å²) in [5.74, 6) is 0.807. The third-order valence-electron chi connectivity index (χ3n) is 5.77. The third kappa shape index (κ3) is 4.21. The highest BCUT2D eigenvalue weighted by Gasteiger charge is 2.42. The minimum atomic E-state index is -0.338. The van der Waals surface area contributed by atoms with Gasteiger partial charge in [-0.05, 0) is 36.2 Å². The van der Waals surface area contributed by atoms with Gasteiger partial charge in [-0.15, -0.1) is 0 Å². The van der Waals surface area contributed by atoms with Crippen LogP contribution in [0.25, 0.3) is 11.3 Å². The van der Waals surface area contributed by atoms with Crippen molar-refractivity contribution in [2.45, 2.75) is 32.2 Å². The van der Waals surface area contributed by atoms with Gasteiger partial charge in [-0.3, -0.25) is 9.89 Å². The van der Waals surface area contributed by atoms with Gasteiger partial charge in [0.2, 0.25) is 0 Å². The van der Waals surface area contributed by atoms with Crippen molar-refractivity contribution in [3.8, 4) is 22.8 Å². The van der Waals surface area contributed by atoms with E-state index >= 15 is 0 Å². The molecule has 3 aromatic rings. The number of aromatic nitrogens is 2. The fourth-order valence-corrected chi connectivity index (χ4v) is 4.13. The molecule has 0 unspecified atom stereocenters. The maximum atomic E-state index is 13.2. The number of para-hydroxylation sites is 1. The molecule has 0 spiro atoms. The summed E-state index contributed by atoms with van der Waals surface area (Å²) in [7, 11) is 1.62. The lowest BCUT2D eigenvalue weighted by Gasteiger charge is -2.26. The molecule has 1 aliphatic heterocycles. The first-order chi connectivity index (χ1) is 15.7. The Labute approximate surface area is 188 Å². The van der Waals surface area contributed by atoms with Gasteiger partial charge in [0.15, 0.2) is 0 Å². The van der Waals surface area contributed by atoms with Gasteiger partial charge in [-0.2, -0.15) is 5.10 Å². The Balaban J connectivity index is 1.69. The van der Waals surface area contributed by atoms with E-state index in [2.05, 4.69) is 17.1 Å². The number of phenols is 1. The van der Waals surface area contributed by atoms with Gasteiger partial charge in [0, 0.05) is 24.8 Å². The monoisotopic (exact) mass is 435 g/mol. The average molecular weight is 436 g/mol. The van der Waals surface area contributed by atoms with E-state index in [1.54, 1.807) is 30.2 Å². The molecule has 4 rings (SSSR count). The number of amides is 1.